The molecule has 0 spiro atoms. The average molecular weight is 320 g/mol. The van der Waals surface area contributed by atoms with Crippen LogP contribution in [0.3, 0.4) is 0 Å². The molecule has 0 bridgehead atoms. The zero-order valence-electron chi connectivity index (χ0n) is 12.3. The molecule has 6 heteroatoms. The quantitative estimate of drug-likeness (QED) is 0.679. The van der Waals surface area contributed by atoms with E-state index < -0.39 is 0 Å². The van der Waals surface area contributed by atoms with Crippen LogP contribution in [0.1, 0.15) is 12.5 Å². The number of para-hydroxylation sites is 1. The van der Waals surface area contributed by atoms with E-state index in [2.05, 4.69) is 15.1 Å². The van der Waals surface area contributed by atoms with Gasteiger partial charge in [-0.05, 0) is 42.8 Å². The molecular formula is C17H12N4OS. The number of carbonyl (C=O) groups is 1. The van der Waals surface area contributed by atoms with Crippen molar-refractivity contribution in [2.24, 2.45) is 5.10 Å². The van der Waals surface area contributed by atoms with Crippen LogP contribution >= 0.6 is 11.3 Å². The van der Waals surface area contributed by atoms with E-state index in [1.54, 1.807) is 12.4 Å². The maximum Gasteiger partial charge on any atom is 0.282 e. The van der Waals surface area contributed by atoms with E-state index in [1.165, 1.54) is 16.3 Å². The minimum Gasteiger partial charge on any atom is -0.267 e. The van der Waals surface area contributed by atoms with Crippen LogP contribution in [0.25, 0.3) is 16.3 Å². The van der Waals surface area contributed by atoms with Crippen molar-refractivity contribution in [1.82, 2.24) is 9.97 Å². The third-order valence-electron chi connectivity index (χ3n) is 3.54. The van der Waals surface area contributed by atoms with Crippen LogP contribution in [-0.4, -0.2) is 21.6 Å². The Balaban J connectivity index is 1.72. The van der Waals surface area contributed by atoms with Crippen LogP contribution in [0.4, 0.5) is 5.13 Å². The van der Waals surface area contributed by atoms with Crippen LogP contribution in [0.15, 0.2) is 59.5 Å². The Hall–Kier alpha value is -2.86. The molecule has 1 aliphatic heterocycles. The number of carbonyl (C=O) groups excluding carboxylic acids is 1. The number of pyridine rings is 1. The lowest BCUT2D eigenvalue weighted by atomic mass is 10.1. The normalized spacial score (nSPS) is 16.4. The first kappa shape index (κ1) is 13.8. The van der Waals surface area contributed by atoms with Crippen molar-refractivity contribution in [3.63, 3.8) is 0 Å². The Bertz CT molecular complexity index is 926. The summed E-state index contributed by atoms with van der Waals surface area (Å²) in [6.07, 6.45) is 5.23. The van der Waals surface area contributed by atoms with E-state index in [0.29, 0.717) is 16.4 Å². The van der Waals surface area contributed by atoms with E-state index in [1.807, 2.05) is 49.4 Å². The molecule has 0 aliphatic carbocycles. The van der Waals surface area contributed by atoms with E-state index in [0.717, 1.165) is 15.8 Å². The average Bonchev–Trinajstić information content (AvgIpc) is 3.12. The van der Waals surface area contributed by atoms with Crippen molar-refractivity contribution in [3.05, 3.63) is 59.9 Å². The Morgan fingerprint density at radius 2 is 1.91 bits per heavy atom. The number of hydrazone groups is 1. The molecule has 4 rings (SSSR count). The van der Waals surface area contributed by atoms with Crippen LogP contribution in [0.5, 0.6) is 0 Å². The van der Waals surface area contributed by atoms with Gasteiger partial charge in [0.25, 0.3) is 5.91 Å². The molecule has 112 valence electrons. The van der Waals surface area contributed by atoms with E-state index in [-0.39, 0.29) is 5.91 Å². The Morgan fingerprint density at radius 1 is 1.13 bits per heavy atom. The smallest absolute Gasteiger partial charge is 0.267 e. The molecule has 1 aromatic carbocycles. The summed E-state index contributed by atoms with van der Waals surface area (Å²) in [7, 11) is 0. The third-order valence-corrected chi connectivity index (χ3v) is 4.56. The first-order valence-corrected chi connectivity index (χ1v) is 7.91. The Labute approximate surface area is 136 Å². The number of benzene rings is 1. The van der Waals surface area contributed by atoms with E-state index >= 15 is 0 Å². The van der Waals surface area contributed by atoms with Gasteiger partial charge in [-0.15, -0.1) is 0 Å². The monoisotopic (exact) mass is 320 g/mol. The number of hydrogen-bond acceptors (Lipinski definition) is 5. The lowest BCUT2D eigenvalue weighted by Gasteiger charge is -2.06. The summed E-state index contributed by atoms with van der Waals surface area (Å²) in [5.41, 5.74) is 3.06. The highest BCUT2D eigenvalue weighted by atomic mass is 32.1. The Morgan fingerprint density at radius 3 is 2.70 bits per heavy atom. The van der Waals surface area contributed by atoms with Gasteiger partial charge >= 0.3 is 0 Å². The van der Waals surface area contributed by atoms with Gasteiger partial charge < -0.3 is 0 Å². The largest absolute Gasteiger partial charge is 0.282 e. The molecule has 2 aromatic heterocycles. The standard InChI is InChI=1S/C17H12N4OS/c1-11-13(10-12-6-8-18-9-7-12)16(22)21(20-11)17-19-14-4-2-3-5-15(14)23-17/h2-10H,1H3/b13-10+. The number of nitrogens with zero attached hydrogens (tertiary/aromatic N) is 4. The molecule has 3 aromatic rings. The van der Waals surface area contributed by atoms with Gasteiger partial charge in [-0.1, -0.05) is 23.5 Å². The molecule has 1 amide bonds. The second-order valence-corrected chi connectivity index (χ2v) is 6.11. The number of thiazole rings is 1. The van der Waals surface area contributed by atoms with Gasteiger partial charge in [0.15, 0.2) is 0 Å². The molecule has 0 fully saturated rings. The maximum absolute atomic E-state index is 12.7. The van der Waals surface area contributed by atoms with Crippen LogP contribution in [0.2, 0.25) is 0 Å². The molecular weight excluding hydrogens is 308 g/mol. The summed E-state index contributed by atoms with van der Waals surface area (Å²) in [6, 6.07) is 11.5. The molecule has 0 N–H and O–H groups in total. The van der Waals surface area contributed by atoms with Crippen molar-refractivity contribution in [2.75, 3.05) is 5.01 Å². The summed E-state index contributed by atoms with van der Waals surface area (Å²) in [5.74, 6) is -0.154. The summed E-state index contributed by atoms with van der Waals surface area (Å²) in [4.78, 5) is 21.2. The topological polar surface area (TPSA) is 58.5 Å². The first-order chi connectivity index (χ1) is 11.2. The summed E-state index contributed by atoms with van der Waals surface area (Å²) >= 11 is 1.46. The minimum atomic E-state index is -0.154. The number of amides is 1. The summed E-state index contributed by atoms with van der Waals surface area (Å²) in [5, 5.41) is 6.35. The van der Waals surface area contributed by atoms with E-state index in [9.17, 15) is 4.79 Å². The maximum atomic E-state index is 12.7. The van der Waals surface area contributed by atoms with Crippen LogP contribution in [0, 0.1) is 0 Å². The van der Waals surface area contributed by atoms with Gasteiger partial charge in [0.1, 0.15) is 0 Å². The van der Waals surface area contributed by atoms with Gasteiger partial charge in [-0.25, -0.2) is 4.98 Å². The highest BCUT2D eigenvalue weighted by Gasteiger charge is 2.30. The van der Waals surface area contributed by atoms with Crippen molar-refractivity contribution < 1.29 is 4.79 Å². The third kappa shape index (κ3) is 2.43. The van der Waals surface area contributed by atoms with E-state index in [4.69, 9.17) is 0 Å². The van der Waals surface area contributed by atoms with Crippen LogP contribution < -0.4 is 5.01 Å². The molecule has 0 saturated heterocycles. The van der Waals surface area contributed by atoms with Crippen LogP contribution in [-0.2, 0) is 4.79 Å². The number of fused-ring (bicyclic) bond motifs is 1. The predicted octanol–water partition coefficient (Wildman–Crippen LogP) is 3.50. The van der Waals surface area contributed by atoms with Gasteiger partial charge in [-0.2, -0.15) is 10.1 Å². The fraction of sp³-hybridized carbons (Fsp3) is 0.0588. The molecule has 0 radical (unpaired) electrons. The molecule has 23 heavy (non-hydrogen) atoms. The van der Waals surface area contributed by atoms with Crippen molar-refractivity contribution in [2.45, 2.75) is 6.92 Å². The van der Waals surface area contributed by atoms with Gasteiger partial charge in [0.05, 0.1) is 21.5 Å². The van der Waals surface area contributed by atoms with Crippen molar-refractivity contribution in [3.8, 4) is 0 Å². The summed E-state index contributed by atoms with van der Waals surface area (Å²) in [6.45, 7) is 1.83. The minimum absolute atomic E-state index is 0.154. The van der Waals surface area contributed by atoms with Gasteiger partial charge in [0, 0.05) is 12.4 Å². The Kier molecular flexibility index (Phi) is 3.24. The molecule has 5 nitrogen and oxygen atoms in total. The molecule has 0 unspecified atom stereocenters. The fourth-order valence-corrected chi connectivity index (χ4v) is 3.31. The number of aromatic nitrogens is 2. The second kappa shape index (κ2) is 5.40. The number of anilines is 1. The molecule has 0 saturated carbocycles. The van der Waals surface area contributed by atoms with Gasteiger partial charge in [-0.3, -0.25) is 9.78 Å². The first-order valence-electron chi connectivity index (χ1n) is 7.10. The highest BCUT2D eigenvalue weighted by Crippen LogP contribution is 2.32. The SMILES string of the molecule is CC1=NN(c2nc3ccccc3s2)C(=O)/C1=C/c1ccncc1. The molecule has 1 aliphatic rings. The van der Waals surface area contributed by atoms with Crippen molar-refractivity contribution >= 4 is 44.4 Å². The number of hydrogen-bond donors (Lipinski definition) is 0. The second-order valence-electron chi connectivity index (χ2n) is 5.11. The van der Waals surface area contributed by atoms with Gasteiger partial charge in [0.2, 0.25) is 5.13 Å². The highest BCUT2D eigenvalue weighted by molar-refractivity contribution is 7.22. The zero-order valence-corrected chi connectivity index (χ0v) is 13.1. The summed E-state index contributed by atoms with van der Waals surface area (Å²) < 4.78 is 1.04. The lowest BCUT2D eigenvalue weighted by Crippen LogP contribution is -2.21. The molecule has 3 heterocycles. The zero-order chi connectivity index (χ0) is 15.8. The predicted molar refractivity (Wildman–Crippen MR) is 92.4 cm³/mol. The van der Waals surface area contributed by atoms with Crippen molar-refractivity contribution in [1.29, 1.82) is 0 Å². The lowest BCUT2D eigenvalue weighted by molar-refractivity contribution is -0.114. The number of rotatable bonds is 2. The fourth-order valence-electron chi connectivity index (χ4n) is 2.39. The molecule has 0 atom stereocenters.